The summed E-state index contributed by atoms with van der Waals surface area (Å²) in [6.45, 7) is 5.90. The Hall–Kier alpha value is -0.450. The summed E-state index contributed by atoms with van der Waals surface area (Å²) in [6, 6.07) is 1.47. The van der Waals surface area contributed by atoms with Crippen molar-refractivity contribution < 1.29 is 0 Å². The Morgan fingerprint density at radius 1 is 1.50 bits per heavy atom. The van der Waals surface area contributed by atoms with Crippen molar-refractivity contribution in [2.24, 2.45) is 5.92 Å². The molecule has 2 atom stereocenters. The molecule has 0 radical (unpaired) electrons. The van der Waals surface area contributed by atoms with Crippen molar-refractivity contribution in [1.82, 2.24) is 15.2 Å². The van der Waals surface area contributed by atoms with Crippen LogP contribution in [0.3, 0.4) is 0 Å². The third-order valence-electron chi connectivity index (χ3n) is 4.36. The first-order chi connectivity index (χ1) is 8.86. The highest BCUT2D eigenvalue weighted by Crippen LogP contribution is 2.34. The van der Waals surface area contributed by atoms with Crippen molar-refractivity contribution >= 4 is 11.3 Å². The quantitative estimate of drug-likeness (QED) is 0.884. The Kier molecular flexibility index (Phi) is 3.97. The van der Waals surface area contributed by atoms with Crippen LogP contribution in [0.4, 0.5) is 0 Å². The Bertz CT molecular complexity index is 361. The number of thiazole rings is 1. The zero-order chi connectivity index (χ0) is 12.4. The Balaban J connectivity index is 1.55. The molecule has 1 aromatic heterocycles. The molecule has 2 aliphatic rings. The lowest BCUT2D eigenvalue weighted by atomic mass is 10.0. The van der Waals surface area contributed by atoms with Gasteiger partial charge in [0.25, 0.3) is 0 Å². The molecule has 3 nitrogen and oxygen atoms in total. The van der Waals surface area contributed by atoms with E-state index in [0.717, 1.165) is 24.4 Å². The number of hydrogen-bond acceptors (Lipinski definition) is 4. The molecule has 1 aliphatic carbocycles. The van der Waals surface area contributed by atoms with Crippen LogP contribution >= 0.6 is 11.3 Å². The van der Waals surface area contributed by atoms with Gasteiger partial charge in [0.15, 0.2) is 0 Å². The van der Waals surface area contributed by atoms with E-state index in [9.17, 15) is 0 Å². The molecule has 2 unspecified atom stereocenters. The van der Waals surface area contributed by atoms with Gasteiger partial charge >= 0.3 is 0 Å². The maximum atomic E-state index is 4.39. The monoisotopic (exact) mass is 265 g/mol. The average Bonchev–Trinajstić information content (AvgIpc) is 3.13. The van der Waals surface area contributed by atoms with E-state index in [1.54, 1.807) is 11.3 Å². The van der Waals surface area contributed by atoms with Crippen molar-refractivity contribution in [3.05, 3.63) is 16.6 Å². The maximum Gasteiger partial charge on any atom is 0.0794 e. The van der Waals surface area contributed by atoms with E-state index in [2.05, 4.69) is 27.5 Å². The fraction of sp³-hybridized carbons (Fsp3) is 0.786. The zero-order valence-electron chi connectivity index (χ0n) is 11.1. The lowest BCUT2D eigenvalue weighted by Crippen LogP contribution is -2.57. The van der Waals surface area contributed by atoms with Crippen LogP contribution in [0.2, 0.25) is 0 Å². The summed E-state index contributed by atoms with van der Waals surface area (Å²) in [5.41, 5.74) is 3.20. The number of rotatable bonds is 5. The van der Waals surface area contributed by atoms with Gasteiger partial charge in [-0.25, -0.2) is 4.98 Å². The standard InChI is InChI=1S/C14H23N3S/c1-2-13-7-15-14(11-3-4-11)8-17(13)6-5-12-9-18-10-16-12/h9-11,13-15H,2-8H2,1H3. The van der Waals surface area contributed by atoms with Crippen LogP contribution in [-0.2, 0) is 6.42 Å². The van der Waals surface area contributed by atoms with Gasteiger partial charge < -0.3 is 5.32 Å². The molecule has 4 heteroatoms. The molecule has 1 aliphatic heterocycles. The van der Waals surface area contributed by atoms with Crippen LogP contribution in [-0.4, -0.2) is 41.6 Å². The molecule has 18 heavy (non-hydrogen) atoms. The normalized spacial score (nSPS) is 29.6. The molecule has 1 aromatic rings. The van der Waals surface area contributed by atoms with Crippen LogP contribution in [0.25, 0.3) is 0 Å². The Morgan fingerprint density at radius 2 is 2.39 bits per heavy atom. The van der Waals surface area contributed by atoms with Crippen LogP contribution in [0.15, 0.2) is 10.9 Å². The Morgan fingerprint density at radius 3 is 3.06 bits per heavy atom. The molecule has 0 spiro atoms. The van der Waals surface area contributed by atoms with E-state index < -0.39 is 0 Å². The van der Waals surface area contributed by atoms with Crippen molar-refractivity contribution in [2.75, 3.05) is 19.6 Å². The van der Waals surface area contributed by atoms with E-state index in [1.165, 1.54) is 44.6 Å². The predicted molar refractivity (Wildman–Crippen MR) is 76.0 cm³/mol. The summed E-state index contributed by atoms with van der Waals surface area (Å²) < 4.78 is 0. The molecular weight excluding hydrogens is 242 g/mol. The van der Waals surface area contributed by atoms with E-state index >= 15 is 0 Å². The maximum absolute atomic E-state index is 4.39. The van der Waals surface area contributed by atoms with Crippen LogP contribution in [0, 0.1) is 5.92 Å². The summed E-state index contributed by atoms with van der Waals surface area (Å²) in [4.78, 5) is 7.09. The minimum Gasteiger partial charge on any atom is -0.311 e. The van der Waals surface area contributed by atoms with Gasteiger partial charge in [0.2, 0.25) is 0 Å². The molecular formula is C14H23N3S. The highest BCUT2D eigenvalue weighted by atomic mass is 32.1. The summed E-state index contributed by atoms with van der Waals surface area (Å²) in [5.74, 6) is 0.963. The van der Waals surface area contributed by atoms with Crippen LogP contribution in [0.5, 0.6) is 0 Å². The van der Waals surface area contributed by atoms with Crippen molar-refractivity contribution in [1.29, 1.82) is 0 Å². The smallest absolute Gasteiger partial charge is 0.0794 e. The fourth-order valence-corrected chi connectivity index (χ4v) is 3.59. The summed E-state index contributed by atoms with van der Waals surface area (Å²) in [6.07, 6.45) is 5.24. The Labute approximate surface area is 114 Å². The lowest BCUT2D eigenvalue weighted by molar-refractivity contribution is 0.120. The fourth-order valence-electron chi connectivity index (χ4n) is 2.99. The summed E-state index contributed by atoms with van der Waals surface area (Å²) >= 11 is 1.71. The minimum absolute atomic E-state index is 0.721. The predicted octanol–water partition coefficient (Wildman–Crippen LogP) is 2.15. The largest absolute Gasteiger partial charge is 0.311 e. The van der Waals surface area contributed by atoms with Gasteiger partial charge in [-0.05, 0) is 25.2 Å². The first-order valence-corrected chi connectivity index (χ1v) is 8.15. The second kappa shape index (κ2) is 5.68. The van der Waals surface area contributed by atoms with Crippen molar-refractivity contribution in [3.63, 3.8) is 0 Å². The van der Waals surface area contributed by atoms with Crippen LogP contribution < -0.4 is 5.32 Å². The van der Waals surface area contributed by atoms with Gasteiger partial charge in [0, 0.05) is 43.5 Å². The SMILES string of the molecule is CCC1CNC(C2CC2)CN1CCc1cscn1. The summed E-state index contributed by atoms with van der Waals surface area (Å²) in [5, 5.41) is 5.93. The third kappa shape index (κ3) is 2.92. The molecule has 100 valence electrons. The highest BCUT2D eigenvalue weighted by Gasteiger charge is 2.36. The number of hydrogen-bond donors (Lipinski definition) is 1. The number of nitrogens with one attached hydrogen (secondary N) is 1. The van der Waals surface area contributed by atoms with Gasteiger partial charge in [0.1, 0.15) is 0 Å². The number of piperazine rings is 1. The second-order valence-corrected chi connectivity index (χ2v) is 6.36. The van der Waals surface area contributed by atoms with Crippen LogP contribution in [0.1, 0.15) is 31.9 Å². The molecule has 1 saturated heterocycles. The van der Waals surface area contributed by atoms with Crippen molar-refractivity contribution in [2.45, 2.75) is 44.7 Å². The molecule has 2 heterocycles. The van der Waals surface area contributed by atoms with Gasteiger partial charge in [0.05, 0.1) is 11.2 Å². The highest BCUT2D eigenvalue weighted by molar-refractivity contribution is 7.07. The second-order valence-electron chi connectivity index (χ2n) is 5.64. The molecule has 1 N–H and O–H groups in total. The molecule has 0 amide bonds. The number of nitrogens with zero attached hydrogens (tertiary/aromatic N) is 2. The van der Waals surface area contributed by atoms with E-state index in [4.69, 9.17) is 0 Å². The topological polar surface area (TPSA) is 28.2 Å². The van der Waals surface area contributed by atoms with E-state index in [1.807, 2.05) is 5.51 Å². The molecule has 2 fully saturated rings. The third-order valence-corrected chi connectivity index (χ3v) is 5.00. The van der Waals surface area contributed by atoms with Gasteiger partial charge in [-0.3, -0.25) is 4.90 Å². The lowest BCUT2D eigenvalue weighted by Gasteiger charge is -2.40. The molecule has 0 aromatic carbocycles. The van der Waals surface area contributed by atoms with Gasteiger partial charge in [-0.15, -0.1) is 11.3 Å². The minimum atomic E-state index is 0.721. The zero-order valence-corrected chi connectivity index (χ0v) is 12.0. The van der Waals surface area contributed by atoms with E-state index in [-0.39, 0.29) is 0 Å². The average molecular weight is 265 g/mol. The molecule has 1 saturated carbocycles. The molecule has 0 bridgehead atoms. The summed E-state index contributed by atoms with van der Waals surface area (Å²) in [7, 11) is 0. The number of aromatic nitrogens is 1. The first kappa shape index (κ1) is 12.6. The van der Waals surface area contributed by atoms with Gasteiger partial charge in [-0.1, -0.05) is 6.92 Å². The van der Waals surface area contributed by atoms with Gasteiger partial charge in [-0.2, -0.15) is 0 Å². The molecule has 3 rings (SSSR count). The first-order valence-electron chi connectivity index (χ1n) is 7.21. The van der Waals surface area contributed by atoms with Crippen molar-refractivity contribution in [3.8, 4) is 0 Å². The van der Waals surface area contributed by atoms with E-state index in [0.29, 0.717) is 0 Å².